The normalized spacial score (nSPS) is 20.7. The minimum Gasteiger partial charge on any atom is -0.378 e. The smallest absolute Gasteiger partial charge is 0.256 e. The van der Waals surface area contributed by atoms with Crippen molar-refractivity contribution < 1.29 is 18.7 Å². The van der Waals surface area contributed by atoms with Gasteiger partial charge in [0.2, 0.25) is 0 Å². The van der Waals surface area contributed by atoms with E-state index in [1.54, 1.807) is 13.2 Å². The highest BCUT2D eigenvalue weighted by atomic mass is 19.1. The van der Waals surface area contributed by atoms with Crippen LogP contribution in [0.4, 0.5) is 15.8 Å². The van der Waals surface area contributed by atoms with Gasteiger partial charge in [0.25, 0.3) is 5.91 Å². The van der Waals surface area contributed by atoms with Crippen LogP contribution in [0.25, 0.3) is 0 Å². The first-order valence-corrected chi connectivity index (χ1v) is 8.34. The Balaban J connectivity index is 1.76. The van der Waals surface area contributed by atoms with Crippen molar-refractivity contribution in [1.82, 2.24) is 5.32 Å². The van der Waals surface area contributed by atoms with E-state index in [1.165, 1.54) is 12.1 Å². The van der Waals surface area contributed by atoms with Crippen LogP contribution < -0.4 is 15.5 Å². The summed E-state index contributed by atoms with van der Waals surface area (Å²) in [5, 5.41) is 6.05. The zero-order valence-electron chi connectivity index (χ0n) is 13.9. The Hall–Kier alpha value is -1.70. The molecular weight excluding hydrogens is 313 g/mol. The topological polar surface area (TPSA) is 62.8 Å². The van der Waals surface area contributed by atoms with Gasteiger partial charge in [-0.25, -0.2) is 4.39 Å². The third-order valence-corrected chi connectivity index (χ3v) is 4.73. The molecule has 0 bridgehead atoms. The monoisotopic (exact) mass is 337 g/mol. The number of methoxy groups -OCH3 is 1. The lowest BCUT2D eigenvalue weighted by Gasteiger charge is -2.35. The maximum atomic E-state index is 14.0. The summed E-state index contributed by atoms with van der Waals surface area (Å²) in [6, 6.07) is 4.63. The third-order valence-electron chi connectivity index (χ3n) is 4.73. The molecule has 2 fully saturated rings. The second-order valence-electron chi connectivity index (χ2n) is 6.20. The fourth-order valence-corrected chi connectivity index (χ4v) is 3.25. The third kappa shape index (κ3) is 3.68. The van der Waals surface area contributed by atoms with Gasteiger partial charge in [0.1, 0.15) is 11.4 Å². The number of carbonyl (C=O) groups is 1. The molecule has 2 saturated heterocycles. The van der Waals surface area contributed by atoms with Crippen LogP contribution in [0.5, 0.6) is 0 Å². The lowest BCUT2D eigenvalue weighted by atomic mass is 9.91. The van der Waals surface area contributed by atoms with Crippen LogP contribution in [-0.4, -0.2) is 58.0 Å². The molecule has 0 radical (unpaired) electrons. The van der Waals surface area contributed by atoms with Crippen molar-refractivity contribution in [3.05, 3.63) is 24.0 Å². The Morgan fingerprint density at radius 1 is 1.29 bits per heavy atom. The van der Waals surface area contributed by atoms with Crippen molar-refractivity contribution in [2.75, 3.05) is 56.7 Å². The highest BCUT2D eigenvalue weighted by molar-refractivity contribution is 5.97. The first-order valence-electron chi connectivity index (χ1n) is 8.34. The minimum atomic E-state index is -0.851. The fourth-order valence-electron chi connectivity index (χ4n) is 3.25. The number of halogens is 1. The quantitative estimate of drug-likeness (QED) is 0.869. The van der Waals surface area contributed by atoms with E-state index in [-0.39, 0.29) is 11.7 Å². The minimum absolute atomic E-state index is 0.218. The van der Waals surface area contributed by atoms with Gasteiger partial charge in [0.15, 0.2) is 0 Å². The number of amides is 1. The molecule has 2 aliphatic heterocycles. The van der Waals surface area contributed by atoms with E-state index in [0.29, 0.717) is 44.8 Å². The number of morpholine rings is 1. The lowest BCUT2D eigenvalue weighted by Crippen LogP contribution is -2.51. The van der Waals surface area contributed by atoms with Gasteiger partial charge >= 0.3 is 0 Å². The number of nitrogens with one attached hydrogen (secondary N) is 2. The molecule has 0 atom stereocenters. The number of benzene rings is 1. The van der Waals surface area contributed by atoms with E-state index < -0.39 is 5.60 Å². The van der Waals surface area contributed by atoms with Gasteiger partial charge in [-0.15, -0.1) is 0 Å². The molecule has 2 heterocycles. The van der Waals surface area contributed by atoms with Crippen LogP contribution in [0, 0.1) is 5.82 Å². The largest absolute Gasteiger partial charge is 0.378 e. The fraction of sp³-hybridized carbons (Fsp3) is 0.588. The van der Waals surface area contributed by atoms with E-state index in [1.807, 2.05) is 0 Å². The van der Waals surface area contributed by atoms with Gasteiger partial charge in [0.05, 0.1) is 13.2 Å². The zero-order chi connectivity index (χ0) is 17.0. The molecule has 0 saturated carbocycles. The molecule has 0 aromatic heterocycles. The molecule has 1 aromatic rings. The number of nitrogens with zero attached hydrogens (tertiary/aromatic N) is 1. The second kappa shape index (κ2) is 7.46. The van der Waals surface area contributed by atoms with Gasteiger partial charge < -0.3 is 25.0 Å². The highest BCUT2D eigenvalue weighted by Gasteiger charge is 2.39. The average Bonchev–Trinajstić information content (AvgIpc) is 2.62. The average molecular weight is 337 g/mol. The molecule has 3 rings (SSSR count). The molecule has 2 aliphatic rings. The van der Waals surface area contributed by atoms with E-state index in [9.17, 15) is 9.18 Å². The Labute approximate surface area is 141 Å². The zero-order valence-corrected chi connectivity index (χ0v) is 13.9. The van der Waals surface area contributed by atoms with Crippen LogP contribution in [0.2, 0.25) is 0 Å². The summed E-state index contributed by atoms with van der Waals surface area (Å²) in [6.07, 6.45) is 1.20. The molecule has 132 valence electrons. The molecule has 7 heteroatoms. The Bertz CT molecular complexity index is 584. The van der Waals surface area contributed by atoms with Crippen molar-refractivity contribution >= 4 is 17.3 Å². The van der Waals surface area contributed by atoms with Crippen molar-refractivity contribution in [3.8, 4) is 0 Å². The van der Waals surface area contributed by atoms with Gasteiger partial charge in [0, 0.05) is 31.6 Å². The van der Waals surface area contributed by atoms with Crippen molar-refractivity contribution in [1.29, 1.82) is 0 Å². The number of piperidine rings is 1. The van der Waals surface area contributed by atoms with Crippen LogP contribution in [0.3, 0.4) is 0 Å². The van der Waals surface area contributed by atoms with Crippen LogP contribution in [0.1, 0.15) is 12.8 Å². The SMILES string of the molecule is COC1(C(=O)Nc2cc(F)cc(N3CCOCC3)c2)CCNCC1. The van der Waals surface area contributed by atoms with E-state index >= 15 is 0 Å². The van der Waals surface area contributed by atoms with Crippen molar-refractivity contribution in [2.24, 2.45) is 0 Å². The summed E-state index contributed by atoms with van der Waals surface area (Å²) >= 11 is 0. The van der Waals surface area contributed by atoms with Gasteiger partial charge in [-0.05, 0) is 44.1 Å². The summed E-state index contributed by atoms with van der Waals surface area (Å²) in [7, 11) is 1.55. The van der Waals surface area contributed by atoms with Crippen molar-refractivity contribution in [2.45, 2.75) is 18.4 Å². The maximum absolute atomic E-state index is 14.0. The number of hydrogen-bond donors (Lipinski definition) is 2. The van der Waals surface area contributed by atoms with Gasteiger partial charge in [-0.1, -0.05) is 0 Å². The molecule has 0 aliphatic carbocycles. The lowest BCUT2D eigenvalue weighted by molar-refractivity contribution is -0.140. The van der Waals surface area contributed by atoms with Crippen LogP contribution in [-0.2, 0) is 14.3 Å². The summed E-state index contributed by atoms with van der Waals surface area (Å²) in [5.41, 5.74) is 0.360. The molecule has 0 spiro atoms. The first kappa shape index (κ1) is 17.1. The first-order chi connectivity index (χ1) is 11.6. The predicted octanol–water partition coefficient (Wildman–Crippen LogP) is 1.37. The molecule has 0 unspecified atom stereocenters. The molecule has 1 aromatic carbocycles. The Morgan fingerprint density at radius 3 is 2.67 bits per heavy atom. The summed E-state index contributed by atoms with van der Waals surface area (Å²) in [5.74, 6) is -0.587. The second-order valence-corrected chi connectivity index (χ2v) is 6.20. The molecule has 24 heavy (non-hydrogen) atoms. The van der Waals surface area contributed by atoms with Crippen LogP contribution >= 0.6 is 0 Å². The van der Waals surface area contributed by atoms with E-state index in [0.717, 1.165) is 18.8 Å². The molecule has 6 nitrogen and oxygen atoms in total. The maximum Gasteiger partial charge on any atom is 0.256 e. The summed E-state index contributed by atoms with van der Waals surface area (Å²) in [6.45, 7) is 4.12. The van der Waals surface area contributed by atoms with E-state index in [2.05, 4.69) is 15.5 Å². The number of anilines is 2. The Kier molecular flexibility index (Phi) is 5.33. The predicted molar refractivity (Wildman–Crippen MR) is 89.9 cm³/mol. The van der Waals surface area contributed by atoms with Gasteiger partial charge in [-0.3, -0.25) is 4.79 Å². The number of rotatable bonds is 4. The summed E-state index contributed by atoms with van der Waals surface area (Å²) < 4.78 is 24.8. The highest BCUT2D eigenvalue weighted by Crippen LogP contribution is 2.27. The van der Waals surface area contributed by atoms with Crippen LogP contribution in [0.15, 0.2) is 18.2 Å². The number of hydrogen-bond acceptors (Lipinski definition) is 5. The molecule has 1 amide bonds. The summed E-state index contributed by atoms with van der Waals surface area (Å²) in [4.78, 5) is 14.8. The molecular formula is C17H24FN3O3. The van der Waals surface area contributed by atoms with Crippen molar-refractivity contribution in [3.63, 3.8) is 0 Å². The number of carbonyl (C=O) groups excluding carboxylic acids is 1. The molecule has 2 N–H and O–H groups in total. The Morgan fingerprint density at radius 2 is 2.00 bits per heavy atom. The standard InChI is InChI=1S/C17H24FN3O3/c1-23-17(2-4-19-5-3-17)16(22)20-14-10-13(18)11-15(12-14)21-6-8-24-9-7-21/h10-12,19H,2-9H2,1H3,(H,20,22). The van der Waals surface area contributed by atoms with Gasteiger partial charge in [-0.2, -0.15) is 0 Å². The number of ether oxygens (including phenoxy) is 2. The van der Waals surface area contributed by atoms with E-state index in [4.69, 9.17) is 9.47 Å².